The van der Waals surface area contributed by atoms with Crippen molar-refractivity contribution in [3.8, 4) is 22.3 Å². The molecule has 0 fully saturated rings. The summed E-state index contributed by atoms with van der Waals surface area (Å²) in [4.78, 5) is 4.54. The average molecular weight is 722 g/mol. The first kappa shape index (κ1) is 33.3. The van der Waals surface area contributed by atoms with Gasteiger partial charge in [-0.05, 0) is 107 Å². The van der Waals surface area contributed by atoms with Gasteiger partial charge in [-0.15, -0.1) is 0 Å². The number of para-hydroxylation sites is 3. The molecule has 0 heterocycles. The smallest absolute Gasteiger partial charge is 0.0462 e. The molecular weight excluding hydrogens is 684 g/mol. The highest BCUT2D eigenvalue weighted by Crippen LogP contribution is 2.37. The van der Waals surface area contributed by atoms with Crippen LogP contribution in [0.4, 0.5) is 34.1 Å². The first-order valence-electron chi connectivity index (χ1n) is 17.0. The van der Waals surface area contributed by atoms with Gasteiger partial charge in [0, 0.05) is 38.6 Å². The zero-order chi connectivity index (χ0) is 34.7. The normalized spacial score (nSPS) is 10.5. The van der Waals surface area contributed by atoms with E-state index in [2.05, 4.69) is 220 Å². The predicted molar refractivity (Wildman–Crippen MR) is 221 cm³/mol. The maximum atomic E-state index is 3.52. The topological polar surface area (TPSA) is 6.48 Å². The standard InChI is InChI=1S/C24H18BrN.C24H19N/c25-21-13-17-24(18-14-21)26(22-9-5-2-6-10-22)23-15-11-20(12-16-23)19-7-3-1-4-8-19;1-4-10-20(11-5-1)21-16-18-24(19-17-21)25(22-12-6-2-7-13-22)23-14-8-3-9-15-23/h1-18H;1-19H. The fraction of sp³-hybridized carbons (Fsp3) is 0. The maximum Gasteiger partial charge on any atom is 0.0462 e. The average Bonchev–Trinajstić information content (AvgIpc) is 3.22. The third-order valence-corrected chi connectivity index (χ3v) is 9.12. The highest BCUT2D eigenvalue weighted by Gasteiger charge is 2.13. The van der Waals surface area contributed by atoms with E-state index >= 15 is 0 Å². The second kappa shape index (κ2) is 16.5. The molecule has 0 aliphatic heterocycles. The van der Waals surface area contributed by atoms with E-state index in [1.807, 2.05) is 30.3 Å². The van der Waals surface area contributed by atoms with Gasteiger partial charge in [0.05, 0.1) is 0 Å². The van der Waals surface area contributed by atoms with Crippen LogP contribution in [0.1, 0.15) is 0 Å². The molecule has 0 N–H and O–H groups in total. The minimum absolute atomic E-state index is 1.08. The van der Waals surface area contributed by atoms with Gasteiger partial charge in [-0.1, -0.05) is 155 Å². The molecule has 8 aromatic rings. The molecule has 246 valence electrons. The molecule has 0 radical (unpaired) electrons. The van der Waals surface area contributed by atoms with Gasteiger partial charge in [0.2, 0.25) is 0 Å². The number of hydrogen-bond acceptors (Lipinski definition) is 2. The number of benzene rings is 8. The quantitative estimate of drug-likeness (QED) is 0.154. The molecule has 0 saturated heterocycles. The van der Waals surface area contributed by atoms with Crippen LogP contribution in [0.3, 0.4) is 0 Å². The van der Waals surface area contributed by atoms with E-state index in [1.54, 1.807) is 0 Å². The van der Waals surface area contributed by atoms with Gasteiger partial charge in [0.15, 0.2) is 0 Å². The van der Waals surface area contributed by atoms with Crippen LogP contribution in [0.25, 0.3) is 22.3 Å². The number of anilines is 6. The summed E-state index contributed by atoms with van der Waals surface area (Å²) >= 11 is 3.52. The van der Waals surface area contributed by atoms with Crippen molar-refractivity contribution in [1.82, 2.24) is 0 Å². The monoisotopic (exact) mass is 720 g/mol. The molecule has 0 aliphatic rings. The van der Waals surface area contributed by atoms with Crippen molar-refractivity contribution < 1.29 is 0 Å². The zero-order valence-electron chi connectivity index (χ0n) is 28.1. The Morgan fingerprint density at radius 2 is 0.431 bits per heavy atom. The summed E-state index contributed by atoms with van der Waals surface area (Å²) in [7, 11) is 0. The van der Waals surface area contributed by atoms with E-state index < -0.39 is 0 Å². The minimum Gasteiger partial charge on any atom is -0.311 e. The molecule has 0 unspecified atom stereocenters. The molecule has 0 amide bonds. The molecule has 51 heavy (non-hydrogen) atoms. The van der Waals surface area contributed by atoms with Crippen molar-refractivity contribution in [2.24, 2.45) is 0 Å². The Morgan fingerprint density at radius 1 is 0.216 bits per heavy atom. The summed E-state index contributed by atoms with van der Waals surface area (Å²) in [5, 5.41) is 0. The zero-order valence-corrected chi connectivity index (χ0v) is 29.7. The molecule has 0 bridgehead atoms. The van der Waals surface area contributed by atoms with Crippen LogP contribution in [0, 0.1) is 0 Å². The first-order valence-corrected chi connectivity index (χ1v) is 17.8. The van der Waals surface area contributed by atoms with Crippen LogP contribution < -0.4 is 9.80 Å². The van der Waals surface area contributed by atoms with Crippen LogP contribution in [0.2, 0.25) is 0 Å². The van der Waals surface area contributed by atoms with Gasteiger partial charge >= 0.3 is 0 Å². The van der Waals surface area contributed by atoms with Gasteiger partial charge in [-0.3, -0.25) is 0 Å². The molecule has 0 aromatic heterocycles. The van der Waals surface area contributed by atoms with Gasteiger partial charge in [-0.25, -0.2) is 0 Å². The summed E-state index contributed by atoms with van der Waals surface area (Å²) in [6.45, 7) is 0. The van der Waals surface area contributed by atoms with Crippen LogP contribution in [0.15, 0.2) is 229 Å². The number of rotatable bonds is 8. The Labute approximate surface area is 309 Å². The summed E-state index contributed by atoms with van der Waals surface area (Å²) < 4.78 is 1.08. The van der Waals surface area contributed by atoms with Gasteiger partial charge in [0.25, 0.3) is 0 Å². The Kier molecular flexibility index (Phi) is 10.8. The highest BCUT2D eigenvalue weighted by molar-refractivity contribution is 9.10. The van der Waals surface area contributed by atoms with E-state index in [4.69, 9.17) is 0 Å². The molecule has 8 aromatic carbocycles. The van der Waals surface area contributed by atoms with Gasteiger partial charge in [0.1, 0.15) is 0 Å². The van der Waals surface area contributed by atoms with Crippen LogP contribution in [-0.4, -0.2) is 0 Å². The van der Waals surface area contributed by atoms with Crippen molar-refractivity contribution in [2.45, 2.75) is 0 Å². The molecular formula is C48H37BrN2. The lowest BCUT2D eigenvalue weighted by atomic mass is 10.0. The molecule has 2 nitrogen and oxygen atoms in total. The number of halogens is 1. The Bertz CT molecular complexity index is 2170. The molecule has 0 spiro atoms. The summed E-state index contributed by atoms with van der Waals surface area (Å²) in [5.74, 6) is 0. The Hall–Kier alpha value is -6.16. The Morgan fingerprint density at radius 3 is 0.725 bits per heavy atom. The van der Waals surface area contributed by atoms with Crippen LogP contribution in [-0.2, 0) is 0 Å². The lowest BCUT2D eigenvalue weighted by molar-refractivity contribution is 1.28. The Balaban J connectivity index is 0.000000159. The summed E-state index contributed by atoms with van der Waals surface area (Å²) in [6.07, 6.45) is 0. The van der Waals surface area contributed by atoms with Crippen molar-refractivity contribution in [3.05, 3.63) is 229 Å². The van der Waals surface area contributed by atoms with Gasteiger partial charge < -0.3 is 9.80 Å². The molecule has 0 aliphatic carbocycles. The fourth-order valence-electron chi connectivity index (χ4n) is 6.08. The predicted octanol–water partition coefficient (Wildman–Crippen LogP) is 14.4. The maximum absolute atomic E-state index is 3.52. The van der Waals surface area contributed by atoms with Crippen LogP contribution in [0.5, 0.6) is 0 Å². The number of hydrogen-bond donors (Lipinski definition) is 0. The third kappa shape index (κ3) is 8.36. The second-order valence-electron chi connectivity index (χ2n) is 12.0. The summed E-state index contributed by atoms with van der Waals surface area (Å²) in [5.41, 5.74) is 11.8. The van der Waals surface area contributed by atoms with Crippen molar-refractivity contribution in [1.29, 1.82) is 0 Å². The minimum atomic E-state index is 1.08. The highest BCUT2D eigenvalue weighted by atomic mass is 79.9. The van der Waals surface area contributed by atoms with Crippen molar-refractivity contribution in [3.63, 3.8) is 0 Å². The molecule has 0 atom stereocenters. The van der Waals surface area contributed by atoms with E-state index in [0.717, 1.165) is 38.6 Å². The van der Waals surface area contributed by atoms with E-state index in [0.29, 0.717) is 0 Å². The van der Waals surface area contributed by atoms with Crippen LogP contribution >= 0.6 is 15.9 Å². The van der Waals surface area contributed by atoms with Crippen molar-refractivity contribution in [2.75, 3.05) is 9.80 Å². The van der Waals surface area contributed by atoms with Crippen molar-refractivity contribution >= 4 is 50.1 Å². The van der Waals surface area contributed by atoms with Gasteiger partial charge in [-0.2, -0.15) is 0 Å². The van der Waals surface area contributed by atoms with E-state index in [-0.39, 0.29) is 0 Å². The van der Waals surface area contributed by atoms with E-state index in [9.17, 15) is 0 Å². The molecule has 0 saturated carbocycles. The lowest BCUT2D eigenvalue weighted by Gasteiger charge is -2.25. The SMILES string of the molecule is Brc1ccc(N(c2ccccc2)c2ccc(-c3ccccc3)cc2)cc1.c1ccc(-c2ccc(N(c3ccccc3)c3ccccc3)cc2)cc1. The molecule has 8 rings (SSSR count). The third-order valence-electron chi connectivity index (χ3n) is 8.59. The first-order chi connectivity index (χ1) is 25.2. The fourth-order valence-corrected chi connectivity index (χ4v) is 6.35. The van der Waals surface area contributed by atoms with E-state index in [1.165, 1.54) is 22.3 Å². The second-order valence-corrected chi connectivity index (χ2v) is 12.9. The summed E-state index contributed by atoms with van der Waals surface area (Å²) in [6, 6.07) is 78.2. The number of nitrogens with zero attached hydrogens (tertiary/aromatic N) is 2. The largest absolute Gasteiger partial charge is 0.311 e. The molecule has 3 heteroatoms. The lowest BCUT2D eigenvalue weighted by Crippen LogP contribution is -2.09.